The number of unbranched alkanes of at least 4 members (excludes halogenated alkanes) is 1. The number of nitrogens with zero attached hydrogens (tertiary/aromatic N) is 3. The van der Waals surface area contributed by atoms with Crippen molar-refractivity contribution in [3.63, 3.8) is 0 Å². The highest BCUT2D eigenvalue weighted by Gasteiger charge is 2.13. The van der Waals surface area contributed by atoms with Crippen LogP contribution in [0.1, 0.15) is 12.8 Å². The second-order valence-corrected chi connectivity index (χ2v) is 8.81. The zero-order chi connectivity index (χ0) is 26.8. The number of anilines is 2. The lowest BCUT2D eigenvalue weighted by Gasteiger charge is -2.16. The van der Waals surface area contributed by atoms with Gasteiger partial charge in [0.05, 0.1) is 24.9 Å². The molecule has 37 heavy (non-hydrogen) atoms. The minimum atomic E-state index is -1.21. The number of hydrogen-bond acceptors (Lipinski definition) is 9. The van der Waals surface area contributed by atoms with Crippen molar-refractivity contribution >= 4 is 50.3 Å². The van der Waals surface area contributed by atoms with Crippen LogP contribution in [0.15, 0.2) is 53.3 Å². The predicted molar refractivity (Wildman–Crippen MR) is 139 cm³/mol. The van der Waals surface area contributed by atoms with Crippen LogP contribution < -0.4 is 14.8 Å². The molecule has 0 spiro atoms. The van der Waals surface area contributed by atoms with E-state index in [4.69, 9.17) is 19.3 Å². The van der Waals surface area contributed by atoms with Crippen molar-refractivity contribution in [2.45, 2.75) is 12.8 Å². The van der Waals surface area contributed by atoms with Crippen molar-refractivity contribution in [3.05, 3.63) is 59.1 Å². The number of fused-ring (bicyclic) bond motifs is 1. The second kappa shape index (κ2) is 13.5. The van der Waals surface area contributed by atoms with Crippen molar-refractivity contribution < 1.29 is 33.3 Å². The summed E-state index contributed by atoms with van der Waals surface area (Å²) in [5.41, 5.74) is 0.878. The molecule has 0 bridgehead atoms. The van der Waals surface area contributed by atoms with E-state index in [1.54, 1.807) is 36.2 Å². The number of methoxy groups -OCH3 is 1. The molecule has 0 saturated carbocycles. The maximum Gasteiger partial charge on any atom is 0.332 e. The summed E-state index contributed by atoms with van der Waals surface area (Å²) in [7, 11) is 3.31. The van der Waals surface area contributed by atoms with E-state index in [9.17, 15) is 14.0 Å². The number of carboxylic acids is 1. The van der Waals surface area contributed by atoms with Crippen molar-refractivity contribution in [1.82, 2.24) is 14.9 Å². The monoisotopic (exact) mass is 576 g/mol. The normalized spacial score (nSPS) is 11.2. The molecule has 0 radical (unpaired) electrons. The van der Waals surface area contributed by atoms with E-state index in [1.165, 1.54) is 19.5 Å². The maximum absolute atomic E-state index is 14.3. The molecule has 0 aliphatic carbocycles. The fourth-order valence-electron chi connectivity index (χ4n) is 3.25. The Morgan fingerprint density at radius 1 is 1.16 bits per heavy atom. The molecule has 10 nitrogen and oxygen atoms in total. The Balaban J connectivity index is 1.55. The summed E-state index contributed by atoms with van der Waals surface area (Å²) >= 11 is 3.24. The Labute approximate surface area is 221 Å². The Morgan fingerprint density at radius 2 is 1.97 bits per heavy atom. The number of halogens is 2. The lowest BCUT2D eigenvalue weighted by atomic mass is 10.2. The Bertz CT molecular complexity index is 1290. The fraction of sp³-hybridized carbons (Fsp3) is 0.280. The summed E-state index contributed by atoms with van der Waals surface area (Å²) < 4.78 is 31.3. The van der Waals surface area contributed by atoms with Gasteiger partial charge in [0.15, 0.2) is 11.5 Å². The zero-order valence-electron chi connectivity index (χ0n) is 20.2. The summed E-state index contributed by atoms with van der Waals surface area (Å²) in [6, 6.07) is 8.19. The van der Waals surface area contributed by atoms with Crippen LogP contribution in [0.5, 0.6) is 11.5 Å². The van der Waals surface area contributed by atoms with Gasteiger partial charge in [-0.05, 0) is 44.2 Å². The lowest BCUT2D eigenvalue weighted by molar-refractivity contribution is -0.142. The molecule has 3 aromatic rings. The molecule has 3 rings (SSSR count). The van der Waals surface area contributed by atoms with E-state index in [0.717, 1.165) is 25.0 Å². The number of carboxylic acid groups (broad SMARTS) is 1. The molecule has 0 unspecified atom stereocenters. The molecule has 12 heteroatoms. The number of rotatable bonds is 13. The Hall–Kier alpha value is -3.77. The minimum Gasteiger partial charge on any atom is -0.493 e. The van der Waals surface area contributed by atoms with E-state index in [0.29, 0.717) is 45.8 Å². The largest absolute Gasteiger partial charge is 0.493 e. The molecular formula is C25H26BrFN4O6. The van der Waals surface area contributed by atoms with Gasteiger partial charge >= 0.3 is 11.9 Å². The molecule has 0 aliphatic rings. The number of hydrogen-bond donors (Lipinski definition) is 2. The second-order valence-electron chi connectivity index (χ2n) is 7.89. The van der Waals surface area contributed by atoms with Crippen molar-refractivity contribution in [1.29, 1.82) is 0 Å². The molecule has 0 fully saturated rings. The molecule has 0 aliphatic heterocycles. The number of benzene rings is 2. The summed E-state index contributed by atoms with van der Waals surface area (Å²) in [4.78, 5) is 32.2. The van der Waals surface area contributed by atoms with Crippen LogP contribution in [0, 0.1) is 5.82 Å². The van der Waals surface area contributed by atoms with Crippen LogP contribution >= 0.6 is 15.9 Å². The fourth-order valence-corrected chi connectivity index (χ4v) is 3.58. The predicted octanol–water partition coefficient (Wildman–Crippen LogP) is 4.52. The van der Waals surface area contributed by atoms with Crippen molar-refractivity contribution in [2.75, 3.05) is 39.4 Å². The first-order valence-corrected chi connectivity index (χ1v) is 12.0. The highest BCUT2D eigenvalue weighted by atomic mass is 79.9. The number of carbonyl (C=O) groups is 2. The van der Waals surface area contributed by atoms with E-state index < -0.39 is 17.8 Å². The number of esters is 1. The lowest BCUT2D eigenvalue weighted by Crippen LogP contribution is -2.24. The van der Waals surface area contributed by atoms with Gasteiger partial charge in [0.2, 0.25) is 0 Å². The standard InChI is InChI=1S/C25H26BrFN4O6/c1-31(15-37-24(34)8-7-23(32)33)9-3-4-10-36-22-13-20-17(12-21(22)35-2)25(29-14-28-20)30-19-6-5-16(26)11-18(19)27/h5-8,11-14H,3-4,9-10,15H2,1-2H3,(H,32,33)(H,28,29,30)/b8-7-. The Morgan fingerprint density at radius 3 is 2.70 bits per heavy atom. The topological polar surface area (TPSA) is 123 Å². The maximum atomic E-state index is 14.3. The van der Waals surface area contributed by atoms with Gasteiger partial charge in [0.25, 0.3) is 0 Å². The van der Waals surface area contributed by atoms with Gasteiger partial charge in [-0.3, -0.25) is 4.90 Å². The van der Waals surface area contributed by atoms with Crippen LogP contribution in [0.4, 0.5) is 15.9 Å². The minimum absolute atomic E-state index is 0.0440. The third-order valence-electron chi connectivity index (χ3n) is 5.09. The molecule has 1 heterocycles. The third kappa shape index (κ3) is 8.40. The number of aromatic nitrogens is 2. The number of ether oxygens (including phenoxy) is 3. The highest BCUT2D eigenvalue weighted by molar-refractivity contribution is 9.10. The first kappa shape index (κ1) is 27.8. The zero-order valence-corrected chi connectivity index (χ0v) is 21.8. The smallest absolute Gasteiger partial charge is 0.332 e. The third-order valence-corrected chi connectivity index (χ3v) is 5.58. The molecule has 0 atom stereocenters. The first-order valence-electron chi connectivity index (χ1n) is 11.2. The van der Waals surface area contributed by atoms with Crippen LogP contribution in [-0.2, 0) is 14.3 Å². The molecule has 0 saturated heterocycles. The van der Waals surface area contributed by atoms with Gasteiger partial charge in [0.1, 0.15) is 24.7 Å². The van der Waals surface area contributed by atoms with E-state index in [-0.39, 0.29) is 12.4 Å². The SMILES string of the molecule is COc1cc2c(Nc3ccc(Br)cc3F)ncnc2cc1OCCCCN(C)COC(=O)/C=C\C(=O)O. The average Bonchev–Trinajstić information content (AvgIpc) is 2.87. The van der Waals surface area contributed by atoms with Crippen molar-refractivity contribution in [2.24, 2.45) is 0 Å². The van der Waals surface area contributed by atoms with Gasteiger partial charge in [0, 0.05) is 34.6 Å². The molecule has 2 aromatic carbocycles. The summed E-state index contributed by atoms with van der Waals surface area (Å²) in [5.74, 6) is -0.925. The summed E-state index contributed by atoms with van der Waals surface area (Å²) in [6.45, 7) is 1.10. The molecule has 196 valence electrons. The molecule has 2 N–H and O–H groups in total. The highest BCUT2D eigenvalue weighted by Crippen LogP contribution is 2.35. The summed E-state index contributed by atoms with van der Waals surface area (Å²) in [6.07, 6.45) is 4.47. The van der Waals surface area contributed by atoms with Gasteiger partial charge in [-0.1, -0.05) is 15.9 Å². The van der Waals surface area contributed by atoms with E-state index >= 15 is 0 Å². The molecule has 0 amide bonds. The Kier molecular flexibility index (Phi) is 10.2. The van der Waals surface area contributed by atoms with E-state index in [1.807, 2.05) is 0 Å². The van der Waals surface area contributed by atoms with Crippen LogP contribution in [-0.4, -0.2) is 66.0 Å². The van der Waals surface area contributed by atoms with Crippen LogP contribution in [0.3, 0.4) is 0 Å². The number of aliphatic carboxylic acids is 1. The van der Waals surface area contributed by atoms with Crippen molar-refractivity contribution in [3.8, 4) is 11.5 Å². The molecule has 1 aromatic heterocycles. The van der Waals surface area contributed by atoms with Gasteiger partial charge < -0.3 is 24.6 Å². The van der Waals surface area contributed by atoms with Gasteiger partial charge in [-0.15, -0.1) is 0 Å². The quantitative estimate of drug-likeness (QED) is 0.130. The number of carbonyl (C=O) groups excluding carboxylic acids is 1. The first-order chi connectivity index (χ1) is 17.8. The molecular weight excluding hydrogens is 551 g/mol. The average molecular weight is 577 g/mol. The van der Waals surface area contributed by atoms with Crippen LogP contribution in [0.2, 0.25) is 0 Å². The van der Waals surface area contributed by atoms with Gasteiger partial charge in [-0.25, -0.2) is 23.9 Å². The van der Waals surface area contributed by atoms with Crippen LogP contribution in [0.25, 0.3) is 10.9 Å². The van der Waals surface area contributed by atoms with Gasteiger partial charge in [-0.2, -0.15) is 0 Å². The number of nitrogens with one attached hydrogen (secondary N) is 1. The summed E-state index contributed by atoms with van der Waals surface area (Å²) in [5, 5.41) is 12.2. The van der Waals surface area contributed by atoms with E-state index in [2.05, 4.69) is 31.2 Å².